The van der Waals surface area contributed by atoms with Crippen LogP contribution in [0.1, 0.15) is 53.4 Å². The Labute approximate surface area is 123 Å². The van der Waals surface area contributed by atoms with Crippen molar-refractivity contribution in [2.24, 2.45) is 11.3 Å². The summed E-state index contributed by atoms with van der Waals surface area (Å²) in [6.07, 6.45) is 3.55. The Bertz CT molecular complexity index is 299. The zero-order chi connectivity index (χ0) is 15.2. The van der Waals surface area contributed by atoms with Crippen LogP contribution in [0.3, 0.4) is 0 Å². The van der Waals surface area contributed by atoms with Gasteiger partial charge in [0.1, 0.15) is 0 Å². The molecule has 1 fully saturated rings. The molecule has 2 atom stereocenters. The van der Waals surface area contributed by atoms with Crippen LogP contribution in [0.25, 0.3) is 0 Å². The van der Waals surface area contributed by atoms with Crippen molar-refractivity contribution in [1.82, 2.24) is 10.2 Å². The van der Waals surface area contributed by atoms with Gasteiger partial charge in [-0.3, -0.25) is 4.79 Å². The van der Waals surface area contributed by atoms with Gasteiger partial charge in [-0.2, -0.15) is 0 Å². The molecule has 0 spiro atoms. The topological polar surface area (TPSA) is 52.6 Å². The summed E-state index contributed by atoms with van der Waals surface area (Å²) < 4.78 is 0. The molecule has 0 radical (unpaired) electrons. The molecule has 0 saturated carbocycles. The summed E-state index contributed by atoms with van der Waals surface area (Å²) in [5.74, 6) is 0.769. The lowest BCUT2D eigenvalue weighted by Gasteiger charge is -2.39. The van der Waals surface area contributed by atoms with Gasteiger partial charge in [0.2, 0.25) is 5.91 Å². The molecule has 4 heteroatoms. The van der Waals surface area contributed by atoms with Crippen LogP contribution in [0, 0.1) is 11.3 Å². The second-order valence-corrected chi connectivity index (χ2v) is 7.26. The van der Waals surface area contributed by atoms with Crippen molar-refractivity contribution in [3.8, 4) is 0 Å². The van der Waals surface area contributed by atoms with Crippen molar-refractivity contribution < 1.29 is 9.90 Å². The van der Waals surface area contributed by atoms with Crippen molar-refractivity contribution >= 4 is 5.91 Å². The van der Waals surface area contributed by atoms with Gasteiger partial charge in [-0.15, -0.1) is 0 Å². The highest BCUT2D eigenvalue weighted by Crippen LogP contribution is 2.23. The van der Waals surface area contributed by atoms with Gasteiger partial charge in [0.05, 0.1) is 0 Å². The molecule has 1 aliphatic heterocycles. The maximum absolute atomic E-state index is 12.0. The van der Waals surface area contributed by atoms with Gasteiger partial charge in [0.25, 0.3) is 0 Å². The standard InChI is InChI=1S/C16H32N2O2/c1-5-15(20)18-10-13(7-6-8-19)9-14(11-18)17-12-16(2,3)4/h13-14,17,19H,5-12H2,1-4H3. The number of rotatable bonds is 6. The van der Waals surface area contributed by atoms with E-state index in [9.17, 15) is 4.79 Å². The maximum Gasteiger partial charge on any atom is 0.222 e. The van der Waals surface area contributed by atoms with Gasteiger partial charge in [-0.05, 0) is 30.6 Å². The highest BCUT2D eigenvalue weighted by Gasteiger charge is 2.29. The van der Waals surface area contributed by atoms with E-state index in [0.717, 1.165) is 38.9 Å². The molecule has 0 aliphatic carbocycles. The number of amides is 1. The minimum atomic E-state index is 0.248. The van der Waals surface area contributed by atoms with E-state index in [2.05, 4.69) is 26.1 Å². The predicted molar refractivity (Wildman–Crippen MR) is 82.5 cm³/mol. The molecule has 2 N–H and O–H groups in total. The van der Waals surface area contributed by atoms with Crippen LogP contribution in [0.5, 0.6) is 0 Å². The summed E-state index contributed by atoms with van der Waals surface area (Å²) in [4.78, 5) is 14.0. The summed E-state index contributed by atoms with van der Waals surface area (Å²) in [6, 6.07) is 0.391. The zero-order valence-corrected chi connectivity index (χ0v) is 13.6. The number of hydrogen-bond acceptors (Lipinski definition) is 3. The summed E-state index contributed by atoms with van der Waals surface area (Å²) in [6.45, 7) is 11.5. The van der Waals surface area contributed by atoms with Crippen LogP contribution in [0.4, 0.5) is 0 Å². The van der Waals surface area contributed by atoms with E-state index in [0.29, 0.717) is 18.4 Å². The van der Waals surface area contributed by atoms with Crippen LogP contribution in [-0.4, -0.2) is 48.2 Å². The molecule has 1 saturated heterocycles. The Morgan fingerprint density at radius 2 is 2.05 bits per heavy atom. The van der Waals surface area contributed by atoms with Crippen LogP contribution >= 0.6 is 0 Å². The third-order valence-corrected chi connectivity index (χ3v) is 3.88. The van der Waals surface area contributed by atoms with Gasteiger partial charge in [0, 0.05) is 38.7 Å². The van der Waals surface area contributed by atoms with E-state index >= 15 is 0 Å². The molecular weight excluding hydrogens is 252 g/mol. The summed E-state index contributed by atoms with van der Waals surface area (Å²) >= 11 is 0. The fourth-order valence-electron chi connectivity index (χ4n) is 2.82. The number of likely N-dealkylation sites (tertiary alicyclic amines) is 1. The average molecular weight is 284 g/mol. The quantitative estimate of drug-likeness (QED) is 0.784. The number of nitrogens with zero attached hydrogens (tertiary/aromatic N) is 1. The molecule has 1 aliphatic rings. The average Bonchev–Trinajstić information content (AvgIpc) is 2.41. The number of aliphatic hydroxyl groups is 1. The highest BCUT2D eigenvalue weighted by molar-refractivity contribution is 5.76. The number of piperidine rings is 1. The number of carbonyl (C=O) groups is 1. The molecule has 1 amide bonds. The van der Waals surface area contributed by atoms with E-state index in [1.807, 2.05) is 11.8 Å². The van der Waals surface area contributed by atoms with E-state index in [1.54, 1.807) is 0 Å². The molecule has 0 aromatic carbocycles. The summed E-state index contributed by atoms with van der Waals surface area (Å²) in [5, 5.41) is 12.6. The second-order valence-electron chi connectivity index (χ2n) is 7.26. The smallest absolute Gasteiger partial charge is 0.222 e. The molecule has 2 unspecified atom stereocenters. The fraction of sp³-hybridized carbons (Fsp3) is 0.938. The Morgan fingerprint density at radius 1 is 1.35 bits per heavy atom. The van der Waals surface area contributed by atoms with Gasteiger partial charge < -0.3 is 15.3 Å². The zero-order valence-electron chi connectivity index (χ0n) is 13.6. The van der Waals surface area contributed by atoms with E-state index in [4.69, 9.17) is 5.11 Å². The third kappa shape index (κ3) is 6.23. The van der Waals surface area contributed by atoms with Gasteiger partial charge in [-0.1, -0.05) is 27.7 Å². The van der Waals surface area contributed by atoms with Crippen molar-refractivity contribution in [2.45, 2.75) is 59.4 Å². The first-order valence-electron chi connectivity index (χ1n) is 7.97. The second kappa shape index (κ2) is 7.99. The monoisotopic (exact) mass is 284 g/mol. The van der Waals surface area contributed by atoms with E-state index < -0.39 is 0 Å². The SMILES string of the molecule is CCC(=O)N1CC(CCCO)CC(NCC(C)(C)C)C1. The van der Waals surface area contributed by atoms with Crippen molar-refractivity contribution in [2.75, 3.05) is 26.2 Å². The van der Waals surface area contributed by atoms with Crippen molar-refractivity contribution in [1.29, 1.82) is 0 Å². The number of aliphatic hydroxyl groups excluding tert-OH is 1. The molecule has 20 heavy (non-hydrogen) atoms. The van der Waals surface area contributed by atoms with Gasteiger partial charge in [-0.25, -0.2) is 0 Å². The summed E-state index contributed by atoms with van der Waals surface area (Å²) in [5.41, 5.74) is 0.262. The minimum absolute atomic E-state index is 0.248. The first kappa shape index (κ1) is 17.4. The number of nitrogens with one attached hydrogen (secondary N) is 1. The fourth-order valence-corrected chi connectivity index (χ4v) is 2.82. The van der Waals surface area contributed by atoms with Crippen molar-refractivity contribution in [3.05, 3.63) is 0 Å². The lowest BCUT2D eigenvalue weighted by molar-refractivity contribution is -0.133. The molecule has 118 valence electrons. The Balaban J connectivity index is 2.57. The molecule has 1 heterocycles. The molecule has 1 rings (SSSR count). The minimum Gasteiger partial charge on any atom is -0.396 e. The lowest BCUT2D eigenvalue weighted by Crippen LogP contribution is -2.52. The Kier molecular flexibility index (Phi) is 6.96. The van der Waals surface area contributed by atoms with E-state index in [1.165, 1.54) is 0 Å². The molecule has 0 aromatic rings. The van der Waals surface area contributed by atoms with Crippen LogP contribution in [-0.2, 0) is 4.79 Å². The first-order chi connectivity index (χ1) is 9.35. The molecular formula is C16H32N2O2. The lowest BCUT2D eigenvalue weighted by atomic mass is 9.89. The van der Waals surface area contributed by atoms with Crippen LogP contribution in [0.2, 0.25) is 0 Å². The number of carbonyl (C=O) groups excluding carboxylic acids is 1. The highest BCUT2D eigenvalue weighted by atomic mass is 16.2. The largest absolute Gasteiger partial charge is 0.396 e. The molecule has 4 nitrogen and oxygen atoms in total. The Morgan fingerprint density at radius 3 is 2.60 bits per heavy atom. The predicted octanol–water partition coefficient (Wildman–Crippen LogP) is 2.02. The Hall–Kier alpha value is -0.610. The van der Waals surface area contributed by atoms with Gasteiger partial charge >= 0.3 is 0 Å². The van der Waals surface area contributed by atoms with E-state index in [-0.39, 0.29) is 17.9 Å². The maximum atomic E-state index is 12.0. The third-order valence-electron chi connectivity index (χ3n) is 3.88. The molecule has 0 aromatic heterocycles. The normalized spacial score (nSPS) is 23.9. The molecule has 0 bridgehead atoms. The number of hydrogen-bond donors (Lipinski definition) is 2. The van der Waals surface area contributed by atoms with Gasteiger partial charge in [0.15, 0.2) is 0 Å². The first-order valence-corrected chi connectivity index (χ1v) is 7.97. The van der Waals surface area contributed by atoms with Crippen LogP contribution < -0.4 is 5.32 Å². The van der Waals surface area contributed by atoms with Crippen LogP contribution in [0.15, 0.2) is 0 Å². The van der Waals surface area contributed by atoms with Crippen molar-refractivity contribution in [3.63, 3.8) is 0 Å². The summed E-state index contributed by atoms with van der Waals surface area (Å²) in [7, 11) is 0.